The van der Waals surface area contributed by atoms with Gasteiger partial charge in [-0.2, -0.15) is 0 Å². The van der Waals surface area contributed by atoms with Crippen molar-refractivity contribution >= 4 is 44.9 Å². The van der Waals surface area contributed by atoms with Crippen LogP contribution >= 0.6 is 0 Å². The Morgan fingerprint density at radius 3 is 1.82 bits per heavy atom. The molecule has 1 unspecified atom stereocenters. The number of hydrogen-bond acceptors (Lipinski definition) is 5. The molecule has 56 heavy (non-hydrogen) atoms. The van der Waals surface area contributed by atoms with Crippen LogP contribution in [0, 0.1) is 0 Å². The van der Waals surface area contributed by atoms with Gasteiger partial charge in [0.1, 0.15) is 11.4 Å². The fourth-order valence-corrected chi connectivity index (χ4v) is 8.26. The fourth-order valence-electron chi connectivity index (χ4n) is 8.26. The number of fused-ring (bicyclic) bond motifs is 6. The minimum absolute atomic E-state index is 0.233. The van der Waals surface area contributed by atoms with Crippen molar-refractivity contribution in [3.05, 3.63) is 186 Å². The van der Waals surface area contributed by atoms with E-state index in [1.54, 1.807) is 12.4 Å². The Balaban J connectivity index is 1.03. The summed E-state index contributed by atoms with van der Waals surface area (Å²) in [6, 6.07) is 55.0. The standard InChI is InChI=1S/C49H33N7/c1-2-14-35(15-3-1)55-43-21-6-4-17-37(43)39-30-32(23-25-45(39)55)33-24-26-46-40(31-33)38-18-5-7-22-44(38)56(46)36-16-12-13-34(29-36)47-52-48(41-19-8-10-27-50-41)54-49(53-47)42-20-9-11-28-51-42/h1-23,25-31,33H,24H2. The van der Waals surface area contributed by atoms with Crippen LogP contribution in [-0.4, -0.2) is 34.1 Å². The molecule has 0 radical (unpaired) electrons. The number of rotatable bonds is 6. The predicted octanol–water partition coefficient (Wildman–Crippen LogP) is 9.45. The van der Waals surface area contributed by atoms with Gasteiger partial charge in [-0.1, -0.05) is 97.1 Å². The van der Waals surface area contributed by atoms with Gasteiger partial charge < -0.3 is 9.13 Å². The van der Waals surface area contributed by atoms with Gasteiger partial charge in [0.25, 0.3) is 0 Å². The largest absolute Gasteiger partial charge is 0.310 e. The predicted molar refractivity (Wildman–Crippen MR) is 225 cm³/mol. The zero-order chi connectivity index (χ0) is 37.0. The van der Waals surface area contributed by atoms with Gasteiger partial charge in [-0.25, -0.2) is 15.0 Å². The van der Waals surface area contributed by atoms with E-state index >= 15 is 0 Å². The number of hydrogen-bond donors (Lipinski definition) is 0. The van der Waals surface area contributed by atoms with Crippen molar-refractivity contribution in [1.82, 2.24) is 34.1 Å². The minimum atomic E-state index is 0.233. The second-order valence-electron chi connectivity index (χ2n) is 14.1. The number of nitrogens with zero attached hydrogens (tertiary/aromatic N) is 7. The summed E-state index contributed by atoms with van der Waals surface area (Å²) in [5, 5.41) is 6.22. The molecule has 0 fully saturated rings. The third-order valence-electron chi connectivity index (χ3n) is 10.8. The smallest absolute Gasteiger partial charge is 0.182 e. The van der Waals surface area contributed by atoms with E-state index in [0.29, 0.717) is 28.9 Å². The summed E-state index contributed by atoms with van der Waals surface area (Å²) in [4.78, 5) is 23.7. The third kappa shape index (κ3) is 5.32. The molecular formula is C49H33N7. The molecule has 10 aromatic rings. The summed E-state index contributed by atoms with van der Waals surface area (Å²) >= 11 is 0. The van der Waals surface area contributed by atoms with E-state index in [1.165, 1.54) is 49.0 Å². The zero-order valence-electron chi connectivity index (χ0n) is 30.2. The lowest BCUT2D eigenvalue weighted by Crippen LogP contribution is -2.31. The van der Waals surface area contributed by atoms with E-state index in [4.69, 9.17) is 15.0 Å². The van der Waals surface area contributed by atoms with Crippen LogP contribution in [0.5, 0.6) is 0 Å². The Morgan fingerprint density at radius 1 is 0.464 bits per heavy atom. The topological polar surface area (TPSA) is 74.3 Å². The van der Waals surface area contributed by atoms with Crippen molar-refractivity contribution in [1.29, 1.82) is 0 Å². The molecule has 0 saturated carbocycles. The molecule has 0 bridgehead atoms. The van der Waals surface area contributed by atoms with Gasteiger partial charge in [-0.3, -0.25) is 9.97 Å². The molecule has 11 rings (SSSR count). The maximum absolute atomic E-state index is 4.94. The second kappa shape index (κ2) is 13.1. The van der Waals surface area contributed by atoms with E-state index in [2.05, 4.69) is 153 Å². The highest BCUT2D eigenvalue weighted by atomic mass is 15.1. The maximum atomic E-state index is 4.94. The number of benzene rings is 5. The van der Waals surface area contributed by atoms with Gasteiger partial charge in [0.2, 0.25) is 0 Å². The van der Waals surface area contributed by atoms with Crippen LogP contribution in [0.4, 0.5) is 0 Å². The molecule has 1 atom stereocenters. The Kier molecular flexibility index (Phi) is 7.48. The van der Waals surface area contributed by atoms with Gasteiger partial charge in [0, 0.05) is 62.0 Å². The molecule has 0 saturated heterocycles. The molecule has 5 heterocycles. The lowest BCUT2D eigenvalue weighted by molar-refractivity contribution is 0.909. The first-order chi connectivity index (χ1) is 27.8. The highest BCUT2D eigenvalue weighted by Crippen LogP contribution is 2.36. The van der Waals surface area contributed by atoms with Crippen molar-refractivity contribution in [2.75, 3.05) is 0 Å². The van der Waals surface area contributed by atoms with Crippen molar-refractivity contribution in [3.8, 4) is 45.8 Å². The van der Waals surface area contributed by atoms with Gasteiger partial charge in [-0.15, -0.1) is 0 Å². The van der Waals surface area contributed by atoms with Crippen LogP contribution in [0.3, 0.4) is 0 Å². The second-order valence-corrected chi connectivity index (χ2v) is 14.1. The van der Waals surface area contributed by atoms with Crippen molar-refractivity contribution in [2.45, 2.75) is 12.3 Å². The van der Waals surface area contributed by atoms with Crippen LogP contribution < -0.4 is 10.6 Å². The lowest BCUT2D eigenvalue weighted by Gasteiger charge is -2.16. The summed E-state index contributed by atoms with van der Waals surface area (Å²) in [6.07, 6.45) is 9.27. The van der Waals surface area contributed by atoms with Crippen LogP contribution in [0.1, 0.15) is 17.9 Å². The maximum Gasteiger partial charge on any atom is 0.182 e. The third-order valence-corrected chi connectivity index (χ3v) is 10.8. The van der Waals surface area contributed by atoms with Crippen molar-refractivity contribution in [2.24, 2.45) is 0 Å². The molecule has 0 aliphatic heterocycles. The molecule has 5 aromatic heterocycles. The summed E-state index contributed by atoms with van der Waals surface area (Å²) in [5.74, 6) is 1.80. The fraction of sp³-hybridized carbons (Fsp3) is 0.0408. The molecule has 7 heteroatoms. The first kappa shape index (κ1) is 32.0. The molecule has 0 spiro atoms. The number of aromatic nitrogens is 7. The monoisotopic (exact) mass is 719 g/mol. The molecule has 0 N–H and O–H groups in total. The van der Waals surface area contributed by atoms with Gasteiger partial charge in [0.15, 0.2) is 17.5 Å². The number of pyridine rings is 2. The Hall–Kier alpha value is -7.51. The summed E-state index contributed by atoms with van der Waals surface area (Å²) in [5.41, 5.74) is 9.35. The Morgan fingerprint density at radius 2 is 1.09 bits per heavy atom. The summed E-state index contributed by atoms with van der Waals surface area (Å²) in [6.45, 7) is 0. The summed E-state index contributed by atoms with van der Waals surface area (Å²) < 4.78 is 4.75. The molecular weight excluding hydrogens is 687 g/mol. The average Bonchev–Trinajstić information content (AvgIpc) is 3.79. The van der Waals surface area contributed by atoms with Gasteiger partial charge >= 0.3 is 0 Å². The molecule has 0 amide bonds. The van der Waals surface area contributed by atoms with Gasteiger partial charge in [-0.05, 0) is 84.8 Å². The molecule has 264 valence electrons. The van der Waals surface area contributed by atoms with E-state index in [0.717, 1.165) is 23.2 Å². The van der Waals surface area contributed by atoms with Crippen LogP contribution in [0.25, 0.3) is 90.7 Å². The van der Waals surface area contributed by atoms with E-state index < -0.39 is 0 Å². The lowest BCUT2D eigenvalue weighted by atomic mass is 9.90. The first-order valence-electron chi connectivity index (χ1n) is 18.9. The van der Waals surface area contributed by atoms with E-state index in [-0.39, 0.29) is 5.92 Å². The van der Waals surface area contributed by atoms with E-state index in [9.17, 15) is 0 Å². The highest BCUT2D eigenvalue weighted by Gasteiger charge is 2.20. The first-order valence-corrected chi connectivity index (χ1v) is 18.9. The quantitative estimate of drug-likeness (QED) is 0.171. The van der Waals surface area contributed by atoms with Gasteiger partial charge in [0.05, 0.1) is 16.6 Å². The average molecular weight is 720 g/mol. The number of para-hydroxylation sites is 3. The Labute approximate surface area is 322 Å². The highest BCUT2D eigenvalue weighted by molar-refractivity contribution is 6.09. The SMILES string of the molecule is C1=c2c(n(-c3cccc(-c4nc(-c5ccccn5)nc(-c5ccccn5)n4)c3)c3ccccc23)=CCC1c1ccc2c(c1)c1ccccc1n2-c1ccccc1. The normalized spacial score (nSPS) is 13.8. The Bertz CT molecular complexity index is 3170. The van der Waals surface area contributed by atoms with Crippen molar-refractivity contribution < 1.29 is 0 Å². The van der Waals surface area contributed by atoms with Crippen LogP contribution in [-0.2, 0) is 0 Å². The molecule has 7 nitrogen and oxygen atoms in total. The van der Waals surface area contributed by atoms with Crippen molar-refractivity contribution in [3.63, 3.8) is 0 Å². The molecule has 1 aliphatic rings. The zero-order valence-corrected chi connectivity index (χ0v) is 30.2. The molecule has 1 aliphatic carbocycles. The minimum Gasteiger partial charge on any atom is -0.310 e. The molecule has 5 aromatic carbocycles. The van der Waals surface area contributed by atoms with Crippen LogP contribution in [0.2, 0.25) is 0 Å². The summed E-state index contributed by atoms with van der Waals surface area (Å²) in [7, 11) is 0. The van der Waals surface area contributed by atoms with E-state index in [1.807, 2.05) is 36.4 Å². The van der Waals surface area contributed by atoms with Crippen LogP contribution in [0.15, 0.2) is 170 Å².